The molecule has 0 radical (unpaired) electrons. The summed E-state index contributed by atoms with van der Waals surface area (Å²) >= 11 is 3.38. The molecule has 0 aliphatic carbocycles. The first-order valence-electron chi connectivity index (χ1n) is 6.17. The first kappa shape index (κ1) is 14.2. The lowest BCUT2D eigenvalue weighted by molar-refractivity contribution is -0.136. The molecule has 0 bridgehead atoms. The zero-order valence-corrected chi connectivity index (χ0v) is 12.6. The summed E-state index contributed by atoms with van der Waals surface area (Å²) in [5.41, 5.74) is 0.895. The summed E-state index contributed by atoms with van der Waals surface area (Å²) in [6, 6.07) is 0.0425. The van der Waals surface area contributed by atoms with Crippen molar-refractivity contribution in [2.75, 3.05) is 31.1 Å². The van der Waals surface area contributed by atoms with Gasteiger partial charge in [-0.2, -0.15) is 0 Å². The minimum atomic E-state index is -0.432. The number of piperazine rings is 1. The molecule has 1 amide bonds. The number of anilines is 1. The molecule has 1 aliphatic heterocycles. The van der Waals surface area contributed by atoms with Crippen LogP contribution in [0.3, 0.4) is 0 Å². The summed E-state index contributed by atoms with van der Waals surface area (Å²) in [6.45, 7) is 5.39. The van der Waals surface area contributed by atoms with Crippen molar-refractivity contribution in [3.63, 3.8) is 0 Å². The highest BCUT2D eigenvalue weighted by Crippen LogP contribution is 2.19. The van der Waals surface area contributed by atoms with Crippen LogP contribution in [0.15, 0.2) is 10.7 Å². The first-order valence-corrected chi connectivity index (χ1v) is 6.96. The number of amides is 1. The van der Waals surface area contributed by atoms with Crippen LogP contribution in [-0.4, -0.2) is 58.2 Å². The molecule has 1 saturated heterocycles. The molecule has 6 nitrogen and oxygen atoms in total. The fraction of sp³-hybridized carbons (Fsp3) is 0.583. The van der Waals surface area contributed by atoms with E-state index >= 15 is 0 Å². The second-order valence-corrected chi connectivity index (χ2v) is 5.50. The third-order valence-corrected chi connectivity index (χ3v) is 4.05. The molecule has 1 atom stereocenters. The molecule has 2 rings (SSSR count). The molecule has 104 valence electrons. The largest absolute Gasteiger partial charge is 0.387 e. The van der Waals surface area contributed by atoms with E-state index in [9.17, 15) is 4.79 Å². The number of aromatic nitrogens is 2. The molecular formula is C12H17BrN4O2. The fourth-order valence-electron chi connectivity index (χ4n) is 2.19. The van der Waals surface area contributed by atoms with Crippen LogP contribution in [0.5, 0.6) is 0 Å². The normalized spacial score (nSPS) is 19.7. The van der Waals surface area contributed by atoms with E-state index < -0.39 is 6.61 Å². The van der Waals surface area contributed by atoms with E-state index in [2.05, 4.69) is 30.8 Å². The Balaban J connectivity index is 2.09. The van der Waals surface area contributed by atoms with Gasteiger partial charge in [-0.3, -0.25) is 4.79 Å². The van der Waals surface area contributed by atoms with Crippen LogP contribution < -0.4 is 4.90 Å². The van der Waals surface area contributed by atoms with Crippen molar-refractivity contribution >= 4 is 27.8 Å². The Morgan fingerprint density at radius 1 is 1.58 bits per heavy atom. The van der Waals surface area contributed by atoms with Gasteiger partial charge in [0.05, 0.1) is 10.2 Å². The van der Waals surface area contributed by atoms with Gasteiger partial charge in [-0.1, -0.05) is 0 Å². The molecule has 7 heteroatoms. The maximum atomic E-state index is 11.5. The Labute approximate surface area is 120 Å². The van der Waals surface area contributed by atoms with E-state index in [4.69, 9.17) is 5.11 Å². The minimum absolute atomic E-state index is 0.0425. The lowest BCUT2D eigenvalue weighted by Crippen LogP contribution is -2.55. The summed E-state index contributed by atoms with van der Waals surface area (Å²) < 4.78 is 0.887. The second-order valence-electron chi connectivity index (χ2n) is 4.64. The number of carbonyl (C=O) groups excluding carboxylic acids is 1. The number of aliphatic hydroxyl groups excluding tert-OH is 1. The van der Waals surface area contributed by atoms with Gasteiger partial charge in [0.15, 0.2) is 0 Å². The Kier molecular flexibility index (Phi) is 4.36. The quantitative estimate of drug-likeness (QED) is 0.859. The average molecular weight is 329 g/mol. The average Bonchev–Trinajstić information content (AvgIpc) is 2.41. The van der Waals surface area contributed by atoms with Crippen LogP contribution in [0, 0.1) is 6.92 Å². The van der Waals surface area contributed by atoms with Crippen molar-refractivity contribution in [2.24, 2.45) is 0 Å². The van der Waals surface area contributed by atoms with Crippen LogP contribution in [-0.2, 0) is 4.79 Å². The highest BCUT2D eigenvalue weighted by Gasteiger charge is 2.28. The molecule has 0 spiro atoms. The van der Waals surface area contributed by atoms with Gasteiger partial charge in [-0.15, -0.1) is 0 Å². The molecule has 19 heavy (non-hydrogen) atoms. The van der Waals surface area contributed by atoms with E-state index in [-0.39, 0.29) is 11.9 Å². The molecule has 1 aromatic rings. The predicted octanol–water partition coefficient (Wildman–Crippen LogP) is 0.577. The topological polar surface area (TPSA) is 69.6 Å². The molecule has 1 N–H and O–H groups in total. The maximum Gasteiger partial charge on any atom is 0.248 e. The van der Waals surface area contributed by atoms with Gasteiger partial charge in [0.2, 0.25) is 11.9 Å². The Bertz CT molecular complexity index is 483. The van der Waals surface area contributed by atoms with Crippen LogP contribution in [0.4, 0.5) is 5.95 Å². The third-order valence-electron chi connectivity index (χ3n) is 3.27. The third kappa shape index (κ3) is 3.03. The summed E-state index contributed by atoms with van der Waals surface area (Å²) in [5.74, 6) is 0.462. The molecule has 1 fully saturated rings. The number of aliphatic hydroxyl groups is 1. The van der Waals surface area contributed by atoms with Crippen molar-refractivity contribution in [2.45, 2.75) is 19.9 Å². The lowest BCUT2D eigenvalue weighted by Gasteiger charge is -2.39. The monoisotopic (exact) mass is 328 g/mol. The van der Waals surface area contributed by atoms with Crippen LogP contribution in [0.2, 0.25) is 0 Å². The Morgan fingerprint density at radius 3 is 2.89 bits per heavy atom. The standard InChI is InChI=1S/C12H17BrN4O2/c1-8-6-16(3-4-17(8)11(19)7-18)12-14-5-10(13)9(2)15-12/h5,8,18H,3-4,6-7H2,1-2H3/t8-/m1/s1. The van der Waals surface area contributed by atoms with Crippen LogP contribution >= 0.6 is 15.9 Å². The van der Waals surface area contributed by atoms with E-state index in [1.165, 1.54) is 0 Å². The van der Waals surface area contributed by atoms with Crippen molar-refractivity contribution in [1.82, 2.24) is 14.9 Å². The highest BCUT2D eigenvalue weighted by atomic mass is 79.9. The fourth-order valence-corrected chi connectivity index (χ4v) is 2.38. The molecule has 0 aromatic carbocycles. The Morgan fingerprint density at radius 2 is 2.32 bits per heavy atom. The number of hydrogen-bond acceptors (Lipinski definition) is 5. The number of carbonyl (C=O) groups is 1. The van der Waals surface area contributed by atoms with Crippen LogP contribution in [0.1, 0.15) is 12.6 Å². The number of rotatable bonds is 2. The number of hydrogen-bond donors (Lipinski definition) is 1. The van der Waals surface area contributed by atoms with Gasteiger partial charge >= 0.3 is 0 Å². The van der Waals surface area contributed by atoms with Gasteiger partial charge in [0.1, 0.15) is 6.61 Å². The molecule has 0 saturated carbocycles. The zero-order chi connectivity index (χ0) is 14.0. The molecule has 0 unspecified atom stereocenters. The summed E-state index contributed by atoms with van der Waals surface area (Å²) in [7, 11) is 0. The summed E-state index contributed by atoms with van der Waals surface area (Å²) in [4.78, 5) is 24.0. The van der Waals surface area contributed by atoms with Crippen molar-refractivity contribution in [3.05, 3.63) is 16.4 Å². The van der Waals surface area contributed by atoms with Gasteiger partial charge in [0.25, 0.3) is 0 Å². The lowest BCUT2D eigenvalue weighted by atomic mass is 10.2. The van der Waals surface area contributed by atoms with Crippen LogP contribution in [0.25, 0.3) is 0 Å². The predicted molar refractivity (Wildman–Crippen MR) is 74.9 cm³/mol. The van der Waals surface area contributed by atoms with Crippen molar-refractivity contribution in [3.8, 4) is 0 Å². The SMILES string of the molecule is Cc1nc(N2CCN(C(=O)CO)[C@H](C)C2)ncc1Br. The van der Waals surface area contributed by atoms with Gasteiger partial charge in [0, 0.05) is 31.9 Å². The van der Waals surface area contributed by atoms with Gasteiger partial charge in [-0.05, 0) is 29.8 Å². The number of aryl methyl sites for hydroxylation is 1. The van der Waals surface area contributed by atoms with Crippen molar-refractivity contribution in [1.29, 1.82) is 0 Å². The van der Waals surface area contributed by atoms with Gasteiger partial charge < -0.3 is 14.9 Å². The molecular weight excluding hydrogens is 312 g/mol. The Hall–Kier alpha value is -1.21. The van der Waals surface area contributed by atoms with E-state index in [1.807, 2.05) is 13.8 Å². The number of halogens is 1. The minimum Gasteiger partial charge on any atom is -0.387 e. The van der Waals surface area contributed by atoms with Gasteiger partial charge in [-0.25, -0.2) is 9.97 Å². The van der Waals surface area contributed by atoms with E-state index in [0.29, 0.717) is 25.6 Å². The van der Waals surface area contributed by atoms with E-state index in [0.717, 1.165) is 10.2 Å². The summed E-state index contributed by atoms with van der Waals surface area (Å²) in [6.07, 6.45) is 1.74. The highest BCUT2D eigenvalue weighted by molar-refractivity contribution is 9.10. The first-order chi connectivity index (χ1) is 9.02. The molecule has 1 aromatic heterocycles. The zero-order valence-electron chi connectivity index (χ0n) is 11.0. The molecule has 2 heterocycles. The van der Waals surface area contributed by atoms with Crippen molar-refractivity contribution < 1.29 is 9.90 Å². The smallest absolute Gasteiger partial charge is 0.248 e. The van der Waals surface area contributed by atoms with E-state index in [1.54, 1.807) is 11.1 Å². The summed E-state index contributed by atoms with van der Waals surface area (Å²) in [5, 5.41) is 8.92. The maximum absolute atomic E-state index is 11.5. The number of nitrogens with zero attached hydrogens (tertiary/aromatic N) is 4. The molecule has 1 aliphatic rings. The second kappa shape index (κ2) is 5.83.